The Bertz CT molecular complexity index is 1010. The van der Waals surface area contributed by atoms with Crippen LogP contribution < -0.4 is 20.3 Å². The van der Waals surface area contributed by atoms with E-state index in [-0.39, 0.29) is 17.9 Å². The number of fused-ring (bicyclic) bond motifs is 1. The van der Waals surface area contributed by atoms with Crippen LogP contribution in [0.3, 0.4) is 0 Å². The number of rotatable bonds is 4. The minimum absolute atomic E-state index is 0.0843. The Morgan fingerprint density at radius 2 is 1.81 bits per heavy atom. The first-order chi connectivity index (χ1) is 12.7. The van der Waals surface area contributed by atoms with Gasteiger partial charge in [-0.3, -0.25) is 9.59 Å². The normalized spacial score (nSPS) is 12.0. The van der Waals surface area contributed by atoms with Crippen LogP contribution in [0.25, 0.3) is 0 Å². The summed E-state index contributed by atoms with van der Waals surface area (Å²) in [5.41, 5.74) is 1.27. The van der Waals surface area contributed by atoms with E-state index in [4.69, 9.17) is 9.47 Å². The van der Waals surface area contributed by atoms with Gasteiger partial charge in [-0.2, -0.15) is 0 Å². The number of benzene rings is 2. The van der Waals surface area contributed by atoms with E-state index in [2.05, 4.69) is 5.32 Å². The second-order valence-corrected chi connectivity index (χ2v) is 5.86. The number of hydrogen-bond acceptors (Lipinski definition) is 4. The van der Waals surface area contributed by atoms with E-state index in [0.717, 1.165) is 5.56 Å². The summed E-state index contributed by atoms with van der Waals surface area (Å²) < 4.78 is 12.1. The molecule has 3 aromatic rings. The largest absolute Gasteiger partial charge is 0.454 e. The number of amides is 1. The van der Waals surface area contributed by atoms with Gasteiger partial charge >= 0.3 is 0 Å². The minimum Gasteiger partial charge on any atom is -0.454 e. The molecule has 0 saturated carbocycles. The van der Waals surface area contributed by atoms with Crippen molar-refractivity contribution in [2.24, 2.45) is 0 Å². The number of carbonyl (C=O) groups excluding carboxylic acids is 1. The minimum atomic E-state index is -0.462. The van der Waals surface area contributed by atoms with Gasteiger partial charge in [0.05, 0.1) is 6.54 Å². The monoisotopic (exact) mass is 348 g/mol. The van der Waals surface area contributed by atoms with Gasteiger partial charge in [0.15, 0.2) is 11.5 Å². The maximum absolute atomic E-state index is 12.6. The summed E-state index contributed by atoms with van der Waals surface area (Å²) in [6.45, 7) is 0.570. The average Bonchev–Trinajstić information content (AvgIpc) is 3.12. The van der Waals surface area contributed by atoms with Crippen molar-refractivity contribution in [1.29, 1.82) is 0 Å². The molecule has 1 aliphatic rings. The van der Waals surface area contributed by atoms with Crippen LogP contribution >= 0.6 is 0 Å². The Hall–Kier alpha value is -3.54. The van der Waals surface area contributed by atoms with Gasteiger partial charge < -0.3 is 19.4 Å². The highest BCUT2D eigenvalue weighted by atomic mass is 16.7. The van der Waals surface area contributed by atoms with Crippen LogP contribution in [0.2, 0.25) is 0 Å². The van der Waals surface area contributed by atoms with Crippen LogP contribution in [-0.2, 0) is 6.54 Å². The molecule has 4 rings (SSSR count). The van der Waals surface area contributed by atoms with Gasteiger partial charge in [0.1, 0.15) is 5.56 Å². The van der Waals surface area contributed by atoms with Crippen molar-refractivity contribution in [1.82, 2.24) is 4.57 Å². The van der Waals surface area contributed by atoms with Crippen LogP contribution in [0.15, 0.2) is 71.7 Å². The zero-order valence-corrected chi connectivity index (χ0v) is 13.8. The highest BCUT2D eigenvalue weighted by Gasteiger charge is 2.16. The predicted octanol–water partition coefficient (Wildman–Crippen LogP) is 2.88. The summed E-state index contributed by atoms with van der Waals surface area (Å²) in [7, 11) is 0. The smallest absolute Gasteiger partial charge is 0.263 e. The second-order valence-electron chi connectivity index (χ2n) is 5.86. The number of carbonyl (C=O) groups is 1. The van der Waals surface area contributed by atoms with Crippen LogP contribution in [0.4, 0.5) is 5.69 Å². The number of aromatic nitrogens is 1. The molecule has 0 spiro atoms. The zero-order valence-electron chi connectivity index (χ0n) is 13.8. The van der Waals surface area contributed by atoms with Gasteiger partial charge in [0.25, 0.3) is 11.5 Å². The van der Waals surface area contributed by atoms with E-state index in [9.17, 15) is 9.59 Å². The molecule has 2 heterocycles. The molecule has 1 aromatic heterocycles. The van der Waals surface area contributed by atoms with Gasteiger partial charge in [0, 0.05) is 18.0 Å². The van der Waals surface area contributed by atoms with Gasteiger partial charge in [-0.25, -0.2) is 0 Å². The molecule has 2 aromatic carbocycles. The van der Waals surface area contributed by atoms with E-state index in [0.29, 0.717) is 23.7 Å². The molecular formula is C20H16N2O4. The predicted molar refractivity (Wildman–Crippen MR) is 96.8 cm³/mol. The fourth-order valence-electron chi connectivity index (χ4n) is 2.79. The van der Waals surface area contributed by atoms with E-state index >= 15 is 0 Å². The van der Waals surface area contributed by atoms with Crippen molar-refractivity contribution in [3.8, 4) is 11.5 Å². The van der Waals surface area contributed by atoms with Gasteiger partial charge in [-0.05, 0) is 29.8 Å². The van der Waals surface area contributed by atoms with Crippen molar-refractivity contribution in [3.63, 3.8) is 0 Å². The highest BCUT2D eigenvalue weighted by molar-refractivity contribution is 6.04. The maximum Gasteiger partial charge on any atom is 0.263 e. The molecule has 6 nitrogen and oxygen atoms in total. The number of pyridine rings is 1. The Morgan fingerprint density at radius 3 is 2.65 bits per heavy atom. The Morgan fingerprint density at radius 1 is 1.00 bits per heavy atom. The summed E-state index contributed by atoms with van der Waals surface area (Å²) in [5.74, 6) is 0.738. The molecule has 26 heavy (non-hydrogen) atoms. The quantitative estimate of drug-likeness (QED) is 0.787. The molecule has 0 radical (unpaired) electrons. The van der Waals surface area contributed by atoms with Gasteiger partial charge in [-0.1, -0.05) is 30.3 Å². The summed E-state index contributed by atoms with van der Waals surface area (Å²) in [6.07, 6.45) is 1.67. The first-order valence-corrected chi connectivity index (χ1v) is 8.15. The highest BCUT2D eigenvalue weighted by Crippen LogP contribution is 2.34. The summed E-state index contributed by atoms with van der Waals surface area (Å²) in [4.78, 5) is 25.2. The Labute approximate surface area is 149 Å². The molecule has 6 heteroatoms. The SMILES string of the molecule is O=C(Nc1ccc2c(c1)OCO2)c1cccn(Cc2ccccc2)c1=O. The first-order valence-electron chi connectivity index (χ1n) is 8.15. The molecular weight excluding hydrogens is 332 g/mol. The lowest BCUT2D eigenvalue weighted by atomic mass is 10.2. The van der Waals surface area contributed by atoms with E-state index in [1.54, 1.807) is 30.5 Å². The lowest BCUT2D eigenvalue weighted by molar-refractivity contribution is 0.102. The second kappa shape index (κ2) is 6.76. The van der Waals surface area contributed by atoms with E-state index in [1.165, 1.54) is 10.6 Å². The number of ether oxygens (including phenoxy) is 2. The summed E-state index contributed by atoms with van der Waals surface area (Å²) in [5, 5.41) is 2.73. The lowest BCUT2D eigenvalue weighted by Gasteiger charge is -2.09. The molecule has 0 bridgehead atoms. The third-order valence-electron chi connectivity index (χ3n) is 4.09. The molecule has 0 aliphatic carbocycles. The third-order valence-corrected chi connectivity index (χ3v) is 4.09. The fourth-order valence-corrected chi connectivity index (χ4v) is 2.79. The number of hydrogen-bond donors (Lipinski definition) is 1. The lowest BCUT2D eigenvalue weighted by Crippen LogP contribution is -2.29. The molecule has 1 N–H and O–H groups in total. The molecule has 0 fully saturated rings. The number of anilines is 1. The van der Waals surface area contributed by atoms with E-state index < -0.39 is 5.91 Å². The van der Waals surface area contributed by atoms with Gasteiger partial charge in [0.2, 0.25) is 6.79 Å². The first kappa shape index (κ1) is 16.0. The number of nitrogens with one attached hydrogen (secondary N) is 1. The fraction of sp³-hybridized carbons (Fsp3) is 0.100. The van der Waals surface area contributed by atoms with E-state index in [1.807, 2.05) is 30.3 Å². The Balaban J connectivity index is 1.56. The average molecular weight is 348 g/mol. The zero-order chi connectivity index (χ0) is 17.9. The summed E-state index contributed by atoms with van der Waals surface area (Å²) >= 11 is 0. The van der Waals surface area contributed by atoms with Crippen LogP contribution in [0, 0.1) is 0 Å². The van der Waals surface area contributed by atoms with Crippen molar-refractivity contribution >= 4 is 11.6 Å². The molecule has 0 saturated heterocycles. The third kappa shape index (κ3) is 3.17. The van der Waals surface area contributed by atoms with Crippen molar-refractivity contribution < 1.29 is 14.3 Å². The molecule has 130 valence electrons. The van der Waals surface area contributed by atoms with Crippen LogP contribution in [0.5, 0.6) is 11.5 Å². The van der Waals surface area contributed by atoms with Crippen molar-refractivity contribution in [3.05, 3.63) is 88.3 Å². The topological polar surface area (TPSA) is 69.6 Å². The van der Waals surface area contributed by atoms with Crippen LogP contribution in [-0.4, -0.2) is 17.3 Å². The number of nitrogens with zero attached hydrogens (tertiary/aromatic N) is 1. The maximum atomic E-state index is 12.6. The molecule has 1 amide bonds. The molecule has 0 atom stereocenters. The van der Waals surface area contributed by atoms with Gasteiger partial charge in [-0.15, -0.1) is 0 Å². The van der Waals surface area contributed by atoms with Crippen molar-refractivity contribution in [2.75, 3.05) is 12.1 Å². The molecule has 0 unspecified atom stereocenters. The van der Waals surface area contributed by atoms with Crippen molar-refractivity contribution in [2.45, 2.75) is 6.54 Å². The molecule has 1 aliphatic heterocycles. The Kier molecular flexibility index (Phi) is 4.15. The summed E-state index contributed by atoms with van der Waals surface area (Å²) in [6, 6.07) is 17.9. The standard InChI is InChI=1S/C20H16N2O4/c23-19(21-15-8-9-17-18(11-15)26-13-25-17)16-7-4-10-22(20(16)24)12-14-5-2-1-3-6-14/h1-11H,12-13H2,(H,21,23). The van der Waals surface area contributed by atoms with Crippen LogP contribution in [0.1, 0.15) is 15.9 Å².